The van der Waals surface area contributed by atoms with Crippen molar-refractivity contribution in [3.8, 4) is 22.5 Å². The van der Waals surface area contributed by atoms with Gasteiger partial charge in [0.2, 0.25) is 0 Å². The van der Waals surface area contributed by atoms with Gasteiger partial charge in [-0.15, -0.1) is 0 Å². The predicted molar refractivity (Wildman–Crippen MR) is 132 cm³/mol. The number of H-pyrrole nitrogens is 1. The van der Waals surface area contributed by atoms with Crippen LogP contribution in [0.3, 0.4) is 0 Å². The third kappa shape index (κ3) is 3.96. The lowest BCUT2D eigenvalue weighted by molar-refractivity contribution is -0.113. The van der Waals surface area contributed by atoms with Crippen molar-refractivity contribution in [2.24, 2.45) is 7.05 Å². The Morgan fingerprint density at radius 2 is 1.81 bits per heavy atom. The number of halogens is 2. The number of aryl methyl sites for hydroxylation is 1. The van der Waals surface area contributed by atoms with Gasteiger partial charge in [0, 0.05) is 47.2 Å². The van der Waals surface area contributed by atoms with E-state index >= 15 is 0 Å². The van der Waals surface area contributed by atoms with Crippen LogP contribution in [-0.2, 0) is 7.05 Å². The van der Waals surface area contributed by atoms with E-state index in [-0.39, 0.29) is 0 Å². The van der Waals surface area contributed by atoms with Gasteiger partial charge in [-0.3, -0.25) is 9.89 Å². The summed E-state index contributed by atoms with van der Waals surface area (Å²) in [6.45, 7) is -1.09. The molecule has 2 N–H and O–H groups in total. The highest BCUT2D eigenvalue weighted by Crippen LogP contribution is 2.31. The summed E-state index contributed by atoms with van der Waals surface area (Å²) in [5.41, 5.74) is 4.87. The molecular weight excluding hydrogens is 464 g/mol. The fourth-order valence-corrected chi connectivity index (χ4v) is 4.36. The van der Waals surface area contributed by atoms with Crippen molar-refractivity contribution in [1.82, 2.24) is 29.6 Å². The highest BCUT2D eigenvalue weighted by atomic mass is 19.3. The molecule has 1 fully saturated rings. The van der Waals surface area contributed by atoms with Gasteiger partial charge < -0.3 is 14.8 Å². The molecule has 3 aromatic heterocycles. The van der Waals surface area contributed by atoms with Gasteiger partial charge in [-0.05, 0) is 35.9 Å². The summed E-state index contributed by atoms with van der Waals surface area (Å²) in [5.74, 6) is -2.04. The van der Waals surface area contributed by atoms with E-state index in [9.17, 15) is 13.6 Å². The number of carbonyl (C=O) groups excluding carboxylic acids is 1. The van der Waals surface area contributed by atoms with Crippen molar-refractivity contribution >= 4 is 28.3 Å². The Morgan fingerprint density at radius 1 is 1.03 bits per heavy atom. The number of alkyl halides is 2. The molecule has 0 aliphatic carbocycles. The van der Waals surface area contributed by atoms with Gasteiger partial charge in [-0.1, -0.05) is 24.3 Å². The average Bonchev–Trinajstić information content (AvgIpc) is 3.51. The smallest absolute Gasteiger partial charge is 0.282 e. The molecule has 0 saturated carbocycles. The van der Waals surface area contributed by atoms with Gasteiger partial charge in [-0.2, -0.15) is 5.10 Å². The van der Waals surface area contributed by atoms with Gasteiger partial charge >= 0.3 is 0 Å². The zero-order valence-electron chi connectivity index (χ0n) is 19.2. The van der Waals surface area contributed by atoms with Crippen molar-refractivity contribution in [3.63, 3.8) is 0 Å². The molecule has 2 aromatic carbocycles. The Labute approximate surface area is 204 Å². The maximum atomic E-state index is 13.2. The average molecular weight is 485 g/mol. The van der Waals surface area contributed by atoms with Crippen molar-refractivity contribution in [2.45, 2.75) is 5.92 Å². The molecule has 36 heavy (non-hydrogen) atoms. The number of nitrogens with zero attached hydrogens (tertiary/aromatic N) is 5. The highest BCUT2D eigenvalue weighted by Gasteiger charge is 2.46. The second kappa shape index (κ2) is 8.26. The van der Waals surface area contributed by atoms with Crippen LogP contribution < -0.4 is 5.32 Å². The number of anilines is 2. The summed E-state index contributed by atoms with van der Waals surface area (Å²) >= 11 is 0. The molecule has 0 unspecified atom stereocenters. The number of carbonyl (C=O) groups is 1. The zero-order valence-corrected chi connectivity index (χ0v) is 19.2. The van der Waals surface area contributed by atoms with Crippen LogP contribution in [-0.4, -0.2) is 54.6 Å². The molecule has 0 spiro atoms. The minimum atomic E-state index is -2.80. The number of rotatable bonds is 5. The number of nitrogens with one attached hydrogen (secondary N) is 2. The minimum Gasteiger partial charge on any atom is -0.340 e. The van der Waals surface area contributed by atoms with E-state index < -0.39 is 24.9 Å². The van der Waals surface area contributed by atoms with Crippen molar-refractivity contribution < 1.29 is 13.6 Å². The maximum Gasteiger partial charge on any atom is 0.282 e. The number of fused-ring (bicyclic) bond motifs is 1. The first-order chi connectivity index (χ1) is 17.4. The highest BCUT2D eigenvalue weighted by molar-refractivity contribution is 6.00. The van der Waals surface area contributed by atoms with E-state index in [0.717, 1.165) is 38.2 Å². The first kappa shape index (κ1) is 21.9. The number of aromatic amines is 1. The molecule has 1 aliphatic rings. The van der Waals surface area contributed by atoms with Crippen molar-refractivity contribution in [3.05, 3.63) is 78.9 Å². The van der Waals surface area contributed by atoms with Crippen LogP contribution in [0, 0.1) is 0 Å². The molecule has 5 aromatic rings. The summed E-state index contributed by atoms with van der Waals surface area (Å²) in [7, 11) is 1.75. The van der Waals surface area contributed by atoms with Crippen molar-refractivity contribution in [1.29, 1.82) is 0 Å². The molecule has 0 bridgehead atoms. The lowest BCUT2D eigenvalue weighted by Crippen LogP contribution is -2.58. The van der Waals surface area contributed by atoms with Crippen LogP contribution in [0.2, 0.25) is 0 Å². The quantitative estimate of drug-likeness (QED) is 0.371. The Bertz CT molecular complexity index is 1570. The lowest BCUT2D eigenvalue weighted by Gasteiger charge is -2.38. The van der Waals surface area contributed by atoms with Gasteiger partial charge in [0.15, 0.2) is 5.82 Å². The van der Waals surface area contributed by atoms with Crippen LogP contribution in [0.15, 0.2) is 73.2 Å². The first-order valence-electron chi connectivity index (χ1n) is 11.3. The van der Waals surface area contributed by atoms with Crippen LogP contribution in [0.25, 0.3) is 33.4 Å². The molecule has 1 saturated heterocycles. The Hall–Kier alpha value is -4.60. The molecule has 1 aliphatic heterocycles. The molecule has 0 radical (unpaired) electrons. The molecular formula is C26H21F2N7O. The minimum absolute atomic E-state index is 0.368. The topological polar surface area (TPSA) is 91.7 Å². The number of hydrogen-bond donors (Lipinski definition) is 2. The van der Waals surface area contributed by atoms with E-state index in [1.165, 1.54) is 0 Å². The van der Waals surface area contributed by atoms with E-state index in [4.69, 9.17) is 0 Å². The van der Waals surface area contributed by atoms with E-state index in [0.29, 0.717) is 17.3 Å². The third-order valence-corrected chi connectivity index (χ3v) is 6.30. The summed E-state index contributed by atoms with van der Waals surface area (Å²) in [6, 6.07) is 17.1. The summed E-state index contributed by atoms with van der Waals surface area (Å²) in [5, 5.41) is 10.9. The molecule has 10 heteroatoms. The summed E-state index contributed by atoms with van der Waals surface area (Å²) in [6.07, 6.45) is 5.29. The molecule has 6 rings (SSSR count). The van der Waals surface area contributed by atoms with Crippen LogP contribution in [0.5, 0.6) is 0 Å². The monoisotopic (exact) mass is 485 g/mol. The Balaban J connectivity index is 1.24. The molecule has 1 amide bonds. The standard InChI is InChI=1S/C26H21F2N7O/c1-34-21-11-18(3-2-17(21)10-22(34)25(36)35-14-26(27,28)15-35)24-29-9-8-23(33-24)32-20-6-4-16(5-7-20)19-12-30-31-13-19/h2-13H,14-15H2,1H3,(H,30,31)(H,29,32,33). The van der Waals surface area contributed by atoms with Crippen molar-refractivity contribution in [2.75, 3.05) is 18.4 Å². The number of hydrogen-bond acceptors (Lipinski definition) is 5. The van der Waals surface area contributed by atoms with E-state index in [2.05, 4.69) is 25.5 Å². The number of benzene rings is 2. The summed E-state index contributed by atoms with van der Waals surface area (Å²) < 4.78 is 28.2. The first-order valence-corrected chi connectivity index (χ1v) is 11.3. The normalized spacial score (nSPS) is 14.6. The Morgan fingerprint density at radius 3 is 2.53 bits per heavy atom. The predicted octanol–water partition coefficient (Wildman–Crippen LogP) is 4.86. The van der Waals surface area contributed by atoms with E-state index in [1.54, 1.807) is 36.1 Å². The molecule has 0 atom stereocenters. The van der Waals surface area contributed by atoms with Crippen LogP contribution >= 0.6 is 0 Å². The molecule has 180 valence electrons. The zero-order chi connectivity index (χ0) is 24.9. The fraction of sp³-hybridized carbons (Fsp3) is 0.154. The second-order valence-electron chi connectivity index (χ2n) is 8.83. The SMILES string of the molecule is Cn1c(C(=O)N2CC(F)(F)C2)cc2ccc(-c3nccc(Nc4ccc(-c5cn[nH]c5)cc4)n3)cc21. The number of likely N-dealkylation sites (tertiary alicyclic amines) is 1. The van der Waals surface area contributed by atoms with Gasteiger partial charge in [0.25, 0.3) is 11.8 Å². The van der Waals surface area contributed by atoms with E-state index in [1.807, 2.05) is 48.7 Å². The van der Waals surface area contributed by atoms with Gasteiger partial charge in [0.1, 0.15) is 11.5 Å². The number of amides is 1. The number of aromatic nitrogens is 5. The van der Waals surface area contributed by atoms with Gasteiger partial charge in [0.05, 0.1) is 19.3 Å². The summed E-state index contributed by atoms with van der Waals surface area (Å²) in [4.78, 5) is 22.9. The fourth-order valence-electron chi connectivity index (χ4n) is 4.36. The van der Waals surface area contributed by atoms with Gasteiger partial charge in [-0.25, -0.2) is 18.7 Å². The molecule has 4 heterocycles. The second-order valence-corrected chi connectivity index (χ2v) is 8.83. The Kier molecular flexibility index (Phi) is 5.03. The molecule has 8 nitrogen and oxygen atoms in total. The van der Waals surface area contributed by atoms with Crippen LogP contribution in [0.1, 0.15) is 10.5 Å². The third-order valence-electron chi connectivity index (χ3n) is 6.30. The lowest BCUT2D eigenvalue weighted by atomic mass is 10.1. The maximum absolute atomic E-state index is 13.2. The largest absolute Gasteiger partial charge is 0.340 e. The van der Waals surface area contributed by atoms with Crippen LogP contribution in [0.4, 0.5) is 20.3 Å².